The number of nitrogens with two attached hydrogens (primary N) is 1. The molecule has 1 aliphatic rings. The Kier molecular flexibility index (Phi) is 5.40. The summed E-state index contributed by atoms with van der Waals surface area (Å²) in [6, 6.07) is 10.7. The van der Waals surface area contributed by atoms with Crippen molar-refractivity contribution < 1.29 is 22.6 Å². The highest BCUT2D eigenvalue weighted by Gasteiger charge is 2.45. The van der Waals surface area contributed by atoms with Crippen molar-refractivity contribution in [1.82, 2.24) is 0 Å². The van der Waals surface area contributed by atoms with Crippen LogP contribution in [0.25, 0.3) is 0 Å². The second-order valence-electron chi connectivity index (χ2n) is 6.76. The van der Waals surface area contributed by atoms with E-state index in [9.17, 15) is 13.2 Å². The Balaban J connectivity index is 1.71. The number of aliphatic imine (C=N–C) groups is 1. The maximum absolute atomic E-state index is 13.0. The van der Waals surface area contributed by atoms with Crippen molar-refractivity contribution in [3.8, 4) is 11.5 Å². The van der Waals surface area contributed by atoms with Crippen LogP contribution >= 0.6 is 0 Å². The number of guanidine groups is 1. The molecule has 0 aliphatic heterocycles. The fourth-order valence-corrected chi connectivity index (χ4v) is 3.05. The molecule has 0 spiro atoms. The standard InChI is InChI=1S/C20H22F3N3O2/c1-27-16-7-6-15(11-17(16)28-2)26-18(24)25-12-19(8-9-19)13-4-3-5-14(10-13)20(21,22)23/h3-7,10-11H,8-9,12H2,1-2H3,(H3,24,25,26). The van der Waals surface area contributed by atoms with E-state index >= 15 is 0 Å². The van der Waals surface area contributed by atoms with Gasteiger partial charge in [0.15, 0.2) is 17.5 Å². The number of methoxy groups -OCH3 is 2. The van der Waals surface area contributed by atoms with E-state index < -0.39 is 11.7 Å². The van der Waals surface area contributed by atoms with Crippen molar-refractivity contribution >= 4 is 11.6 Å². The first-order valence-corrected chi connectivity index (χ1v) is 8.74. The minimum atomic E-state index is -4.36. The topological polar surface area (TPSA) is 68.9 Å². The van der Waals surface area contributed by atoms with Gasteiger partial charge in [-0.25, -0.2) is 0 Å². The molecule has 0 atom stereocenters. The summed E-state index contributed by atoms with van der Waals surface area (Å²) in [5.41, 5.74) is 6.25. The smallest absolute Gasteiger partial charge is 0.416 e. The maximum atomic E-state index is 13.0. The third-order valence-corrected chi connectivity index (χ3v) is 4.86. The van der Waals surface area contributed by atoms with Gasteiger partial charge in [-0.2, -0.15) is 13.2 Å². The number of ether oxygens (including phenoxy) is 2. The molecule has 5 nitrogen and oxygen atoms in total. The third-order valence-electron chi connectivity index (χ3n) is 4.86. The predicted molar refractivity (Wildman–Crippen MR) is 102 cm³/mol. The zero-order valence-electron chi connectivity index (χ0n) is 15.6. The van der Waals surface area contributed by atoms with Crippen molar-refractivity contribution in [3.63, 3.8) is 0 Å². The first kappa shape index (κ1) is 19.9. The molecule has 0 heterocycles. The number of halogens is 3. The molecule has 1 saturated carbocycles. The van der Waals surface area contributed by atoms with E-state index in [-0.39, 0.29) is 11.4 Å². The van der Waals surface area contributed by atoms with Crippen molar-refractivity contribution in [2.75, 3.05) is 26.1 Å². The number of hydrogen-bond acceptors (Lipinski definition) is 3. The van der Waals surface area contributed by atoms with Gasteiger partial charge in [0, 0.05) is 17.2 Å². The molecule has 1 fully saturated rings. The third kappa shape index (κ3) is 4.32. The first-order chi connectivity index (χ1) is 13.3. The Labute approximate surface area is 161 Å². The SMILES string of the molecule is COc1ccc(NC(N)=NCC2(c3cccc(C(F)(F)F)c3)CC2)cc1OC. The van der Waals surface area contributed by atoms with Crippen LogP contribution in [0.15, 0.2) is 47.5 Å². The minimum Gasteiger partial charge on any atom is -0.493 e. The molecule has 0 aromatic heterocycles. The highest BCUT2D eigenvalue weighted by Crippen LogP contribution is 2.49. The van der Waals surface area contributed by atoms with E-state index in [0.717, 1.165) is 18.9 Å². The lowest BCUT2D eigenvalue weighted by Gasteiger charge is -2.16. The van der Waals surface area contributed by atoms with Crippen LogP contribution in [-0.4, -0.2) is 26.7 Å². The lowest BCUT2D eigenvalue weighted by molar-refractivity contribution is -0.137. The Hall–Kier alpha value is -2.90. The number of hydrogen-bond donors (Lipinski definition) is 2. The van der Waals surface area contributed by atoms with Crippen molar-refractivity contribution in [1.29, 1.82) is 0 Å². The van der Waals surface area contributed by atoms with Crippen LogP contribution in [0.4, 0.5) is 18.9 Å². The number of alkyl halides is 3. The highest BCUT2D eigenvalue weighted by molar-refractivity contribution is 5.92. The zero-order valence-corrected chi connectivity index (χ0v) is 15.6. The summed E-state index contributed by atoms with van der Waals surface area (Å²) in [5.74, 6) is 1.32. The Morgan fingerprint density at radius 3 is 2.43 bits per heavy atom. The molecule has 0 saturated heterocycles. The first-order valence-electron chi connectivity index (χ1n) is 8.74. The van der Waals surface area contributed by atoms with Crippen molar-refractivity contribution in [2.24, 2.45) is 10.7 Å². The molecule has 2 aromatic rings. The average molecular weight is 393 g/mol. The number of anilines is 1. The summed E-state index contributed by atoms with van der Waals surface area (Å²) in [4.78, 5) is 4.35. The molecule has 8 heteroatoms. The molecule has 28 heavy (non-hydrogen) atoms. The van der Waals surface area contributed by atoms with Gasteiger partial charge in [0.1, 0.15) is 0 Å². The number of nitrogens with zero attached hydrogens (tertiary/aromatic N) is 1. The molecule has 0 unspecified atom stereocenters. The zero-order chi connectivity index (χ0) is 20.4. The molecule has 150 valence electrons. The number of nitrogens with one attached hydrogen (secondary N) is 1. The second kappa shape index (κ2) is 7.61. The van der Waals surface area contributed by atoms with Crippen molar-refractivity contribution in [3.05, 3.63) is 53.6 Å². The number of benzene rings is 2. The van der Waals surface area contributed by atoms with Crippen LogP contribution in [0.2, 0.25) is 0 Å². The Morgan fingerprint density at radius 1 is 1.11 bits per heavy atom. The molecular weight excluding hydrogens is 371 g/mol. The lowest BCUT2D eigenvalue weighted by Crippen LogP contribution is -2.25. The molecule has 3 N–H and O–H groups in total. The molecule has 2 aromatic carbocycles. The fourth-order valence-electron chi connectivity index (χ4n) is 3.05. The van der Waals surface area contributed by atoms with E-state index in [1.165, 1.54) is 19.2 Å². The molecule has 3 rings (SSSR count). The summed E-state index contributed by atoms with van der Waals surface area (Å²) < 4.78 is 49.3. The van der Waals surface area contributed by atoms with Crippen LogP contribution < -0.4 is 20.5 Å². The molecule has 0 amide bonds. The molecule has 0 bridgehead atoms. The highest BCUT2D eigenvalue weighted by atomic mass is 19.4. The summed E-state index contributed by atoms with van der Waals surface area (Å²) in [7, 11) is 3.08. The lowest BCUT2D eigenvalue weighted by atomic mass is 9.94. The maximum Gasteiger partial charge on any atom is 0.416 e. The van der Waals surface area contributed by atoms with Gasteiger partial charge in [0.05, 0.1) is 26.3 Å². The predicted octanol–water partition coefficient (Wildman–Crippen LogP) is 4.18. The van der Waals surface area contributed by atoms with E-state index in [1.54, 1.807) is 31.4 Å². The normalized spacial score (nSPS) is 15.8. The summed E-state index contributed by atoms with van der Waals surface area (Å²) in [6.07, 6.45) is -2.80. The van der Waals surface area contributed by atoms with Gasteiger partial charge in [-0.1, -0.05) is 18.2 Å². The average Bonchev–Trinajstić information content (AvgIpc) is 3.47. The van der Waals surface area contributed by atoms with Gasteiger partial charge in [-0.15, -0.1) is 0 Å². The summed E-state index contributed by atoms with van der Waals surface area (Å²) >= 11 is 0. The van der Waals surface area contributed by atoms with Gasteiger partial charge < -0.3 is 20.5 Å². The van der Waals surface area contributed by atoms with Gasteiger partial charge in [0.2, 0.25) is 0 Å². The van der Waals surface area contributed by atoms with E-state index in [2.05, 4.69) is 10.3 Å². The van der Waals surface area contributed by atoms with Crippen LogP contribution in [0.5, 0.6) is 11.5 Å². The quantitative estimate of drug-likeness (QED) is 0.571. The van der Waals surface area contributed by atoms with Crippen LogP contribution in [0.3, 0.4) is 0 Å². The second-order valence-corrected chi connectivity index (χ2v) is 6.76. The number of rotatable bonds is 6. The fraction of sp³-hybridized carbons (Fsp3) is 0.350. The molecule has 1 aliphatic carbocycles. The Morgan fingerprint density at radius 2 is 1.82 bits per heavy atom. The van der Waals surface area contributed by atoms with Gasteiger partial charge in [-0.05, 0) is 36.6 Å². The van der Waals surface area contributed by atoms with E-state index in [0.29, 0.717) is 29.3 Å². The van der Waals surface area contributed by atoms with E-state index in [4.69, 9.17) is 15.2 Å². The van der Waals surface area contributed by atoms with Crippen LogP contribution in [0.1, 0.15) is 24.0 Å². The minimum absolute atomic E-state index is 0.186. The van der Waals surface area contributed by atoms with E-state index in [1.807, 2.05) is 0 Å². The Bertz CT molecular complexity index is 877. The largest absolute Gasteiger partial charge is 0.493 e. The van der Waals surface area contributed by atoms with Gasteiger partial charge in [-0.3, -0.25) is 4.99 Å². The van der Waals surface area contributed by atoms with Crippen LogP contribution in [-0.2, 0) is 11.6 Å². The molecular formula is C20H22F3N3O2. The summed E-state index contributed by atoms with van der Waals surface area (Å²) in [5, 5.41) is 2.97. The monoisotopic (exact) mass is 393 g/mol. The van der Waals surface area contributed by atoms with Crippen LogP contribution in [0, 0.1) is 0 Å². The van der Waals surface area contributed by atoms with Crippen molar-refractivity contribution in [2.45, 2.75) is 24.4 Å². The van der Waals surface area contributed by atoms with Gasteiger partial charge >= 0.3 is 6.18 Å². The summed E-state index contributed by atoms with van der Waals surface area (Å²) in [6.45, 7) is 0.320. The van der Waals surface area contributed by atoms with Gasteiger partial charge in [0.25, 0.3) is 0 Å². The molecule has 0 radical (unpaired) electrons.